The van der Waals surface area contributed by atoms with E-state index in [1.807, 2.05) is 0 Å². The Morgan fingerprint density at radius 2 is 2.00 bits per heavy atom. The molecule has 0 saturated heterocycles. The first-order valence-electron chi connectivity index (χ1n) is 4.43. The third kappa shape index (κ3) is 4.00. The molecule has 0 aliphatic rings. The molecule has 0 spiro atoms. The van der Waals surface area contributed by atoms with Gasteiger partial charge in [0.05, 0.1) is 12.1 Å². The lowest BCUT2D eigenvalue weighted by molar-refractivity contribution is -0.123. The fourth-order valence-corrected chi connectivity index (χ4v) is 1.16. The van der Waals surface area contributed by atoms with E-state index >= 15 is 0 Å². The van der Waals surface area contributed by atoms with Crippen molar-refractivity contribution in [3.63, 3.8) is 0 Å². The largest absolute Gasteiger partial charge is 0.297 e. The Morgan fingerprint density at radius 1 is 1.38 bits per heavy atom. The van der Waals surface area contributed by atoms with E-state index in [0.29, 0.717) is 10.5 Å². The maximum atomic E-state index is 12.1. The summed E-state index contributed by atoms with van der Waals surface area (Å²) in [5, 5.41) is 0. The van der Waals surface area contributed by atoms with Crippen LogP contribution in [0.3, 0.4) is 0 Å². The molecule has 0 fully saturated rings. The molecule has 86 valence electrons. The monoisotopic (exact) mass is 243 g/mol. The number of benzene rings is 1. The van der Waals surface area contributed by atoms with Crippen LogP contribution in [0.15, 0.2) is 29.2 Å². The van der Waals surface area contributed by atoms with Gasteiger partial charge >= 0.3 is 0 Å². The summed E-state index contributed by atoms with van der Waals surface area (Å²) < 4.78 is 12.1. The van der Waals surface area contributed by atoms with Crippen molar-refractivity contribution in [2.45, 2.75) is 11.8 Å². The number of halogens is 1. The van der Waals surface area contributed by atoms with E-state index in [9.17, 15) is 13.5 Å². The standard InChI is InChI=1S/C10H10FNO3S/c1-7(13)6-15-12-10(14)8-2-4-9(16-11)5-3-8/h2-5H,6H2,1H3,(H,12,14). The van der Waals surface area contributed by atoms with Gasteiger partial charge in [-0.15, -0.1) is 0 Å². The molecule has 0 aliphatic carbocycles. The lowest BCUT2D eigenvalue weighted by atomic mass is 10.2. The number of rotatable bonds is 5. The quantitative estimate of drug-likeness (QED) is 0.803. The molecule has 0 aromatic heterocycles. The van der Waals surface area contributed by atoms with Crippen LogP contribution in [0.2, 0.25) is 0 Å². The number of Topliss-reactive ketones (excluding diaryl/α,β-unsaturated/α-hetero) is 1. The van der Waals surface area contributed by atoms with Crippen molar-refractivity contribution in [1.82, 2.24) is 5.48 Å². The van der Waals surface area contributed by atoms with Crippen LogP contribution in [0.1, 0.15) is 17.3 Å². The molecule has 1 amide bonds. The minimum atomic E-state index is -0.475. The number of ketones is 1. The summed E-state index contributed by atoms with van der Waals surface area (Å²) in [5.74, 6) is -0.666. The molecule has 1 aromatic rings. The number of hydrogen-bond acceptors (Lipinski definition) is 4. The summed E-state index contributed by atoms with van der Waals surface area (Å²) in [5.41, 5.74) is 2.44. The molecule has 0 aliphatic heterocycles. The molecule has 4 nitrogen and oxygen atoms in total. The fourth-order valence-electron chi connectivity index (χ4n) is 0.920. The first-order chi connectivity index (χ1) is 7.63. The summed E-state index contributed by atoms with van der Waals surface area (Å²) in [6.07, 6.45) is 0. The van der Waals surface area contributed by atoms with Gasteiger partial charge in [0.2, 0.25) is 0 Å². The first-order valence-corrected chi connectivity index (χ1v) is 5.15. The first kappa shape index (κ1) is 12.7. The predicted octanol–water partition coefficient (Wildman–Crippen LogP) is 1.91. The average Bonchev–Trinajstić information content (AvgIpc) is 2.28. The summed E-state index contributed by atoms with van der Waals surface area (Å²) in [4.78, 5) is 27.0. The second-order valence-corrected chi connectivity index (χ2v) is 3.65. The number of hydroxylamine groups is 1. The Hall–Kier alpha value is -1.40. The molecule has 0 bridgehead atoms. The van der Waals surface area contributed by atoms with E-state index in [0.717, 1.165) is 0 Å². The van der Waals surface area contributed by atoms with Crippen molar-refractivity contribution in [1.29, 1.82) is 0 Å². The van der Waals surface area contributed by atoms with E-state index < -0.39 is 5.91 Å². The van der Waals surface area contributed by atoms with Gasteiger partial charge in [-0.2, -0.15) is 3.89 Å². The second kappa shape index (κ2) is 6.24. The Balaban J connectivity index is 2.49. The van der Waals surface area contributed by atoms with Crippen LogP contribution in [0.4, 0.5) is 3.89 Å². The minimum Gasteiger partial charge on any atom is -0.297 e. The molecular weight excluding hydrogens is 233 g/mol. The van der Waals surface area contributed by atoms with Crippen LogP contribution in [-0.2, 0) is 9.63 Å². The molecule has 0 atom stereocenters. The molecule has 0 heterocycles. The van der Waals surface area contributed by atoms with Crippen LogP contribution in [0.5, 0.6) is 0 Å². The van der Waals surface area contributed by atoms with Crippen molar-refractivity contribution in [2.75, 3.05) is 6.61 Å². The zero-order valence-electron chi connectivity index (χ0n) is 8.53. The fraction of sp³-hybridized carbons (Fsp3) is 0.200. The van der Waals surface area contributed by atoms with Crippen molar-refractivity contribution in [3.8, 4) is 0 Å². The molecule has 1 N–H and O–H groups in total. The maximum Gasteiger partial charge on any atom is 0.274 e. The number of nitrogens with one attached hydrogen (secondary N) is 1. The number of carbonyl (C=O) groups excluding carboxylic acids is 2. The Kier molecular flexibility index (Phi) is 4.94. The van der Waals surface area contributed by atoms with E-state index in [4.69, 9.17) is 0 Å². The van der Waals surface area contributed by atoms with Gasteiger partial charge in [0.25, 0.3) is 5.91 Å². The highest BCUT2D eigenvalue weighted by Crippen LogP contribution is 2.18. The van der Waals surface area contributed by atoms with Gasteiger partial charge in [-0.3, -0.25) is 14.4 Å². The summed E-state index contributed by atoms with van der Waals surface area (Å²) in [7, 11) is 0. The smallest absolute Gasteiger partial charge is 0.274 e. The SMILES string of the molecule is CC(=O)CONC(=O)c1ccc(SF)cc1. The number of carbonyl (C=O) groups is 2. The molecule has 0 unspecified atom stereocenters. The number of amides is 1. The molecule has 1 rings (SSSR count). The highest BCUT2D eigenvalue weighted by atomic mass is 32.2. The third-order valence-corrected chi connectivity index (χ3v) is 2.10. The molecule has 1 aromatic carbocycles. The summed E-state index contributed by atoms with van der Waals surface area (Å²) in [6, 6.07) is 5.89. The lowest BCUT2D eigenvalue weighted by Crippen LogP contribution is -2.25. The average molecular weight is 243 g/mol. The van der Waals surface area contributed by atoms with E-state index in [1.54, 1.807) is 0 Å². The van der Waals surface area contributed by atoms with Crippen molar-refractivity contribution in [3.05, 3.63) is 29.8 Å². The van der Waals surface area contributed by atoms with Crippen molar-refractivity contribution in [2.24, 2.45) is 0 Å². The number of hydrogen-bond donors (Lipinski definition) is 1. The van der Waals surface area contributed by atoms with Gasteiger partial charge in [-0.1, -0.05) is 0 Å². The van der Waals surface area contributed by atoms with E-state index in [-0.39, 0.29) is 24.5 Å². The van der Waals surface area contributed by atoms with Gasteiger partial charge in [0, 0.05) is 10.5 Å². The third-order valence-electron chi connectivity index (χ3n) is 1.65. The molecule has 0 radical (unpaired) electrons. The van der Waals surface area contributed by atoms with Crippen LogP contribution >= 0.6 is 12.1 Å². The summed E-state index contributed by atoms with van der Waals surface area (Å²) in [6.45, 7) is 1.17. The van der Waals surface area contributed by atoms with Crippen LogP contribution in [-0.4, -0.2) is 18.3 Å². The van der Waals surface area contributed by atoms with Crippen LogP contribution in [0.25, 0.3) is 0 Å². The van der Waals surface area contributed by atoms with Gasteiger partial charge in [-0.05, 0) is 31.2 Å². The Labute approximate surface area is 96.4 Å². The van der Waals surface area contributed by atoms with E-state index in [1.165, 1.54) is 31.2 Å². The van der Waals surface area contributed by atoms with E-state index in [2.05, 4.69) is 10.3 Å². The highest BCUT2D eigenvalue weighted by molar-refractivity contribution is 7.94. The van der Waals surface area contributed by atoms with Gasteiger partial charge in [0.15, 0.2) is 5.78 Å². The molecule has 6 heteroatoms. The van der Waals surface area contributed by atoms with Crippen molar-refractivity contribution >= 4 is 23.8 Å². The zero-order valence-corrected chi connectivity index (χ0v) is 9.34. The zero-order chi connectivity index (χ0) is 12.0. The van der Waals surface area contributed by atoms with Gasteiger partial charge in [0.1, 0.15) is 6.61 Å². The van der Waals surface area contributed by atoms with Gasteiger partial charge in [-0.25, -0.2) is 5.48 Å². The van der Waals surface area contributed by atoms with Crippen molar-refractivity contribution < 1.29 is 18.3 Å². The molecule has 0 saturated carbocycles. The van der Waals surface area contributed by atoms with Crippen LogP contribution in [0, 0.1) is 0 Å². The topological polar surface area (TPSA) is 55.4 Å². The second-order valence-electron chi connectivity index (χ2n) is 3.02. The predicted molar refractivity (Wildman–Crippen MR) is 57.5 cm³/mol. The Morgan fingerprint density at radius 3 is 2.50 bits per heavy atom. The molecular formula is C10H10FNO3S. The highest BCUT2D eigenvalue weighted by Gasteiger charge is 2.05. The maximum absolute atomic E-state index is 12.1. The minimum absolute atomic E-state index is 0.103. The van der Waals surface area contributed by atoms with Gasteiger partial charge < -0.3 is 0 Å². The summed E-state index contributed by atoms with van der Waals surface area (Å²) >= 11 is 0.103. The Bertz CT molecular complexity index is 380. The molecule has 16 heavy (non-hydrogen) atoms. The lowest BCUT2D eigenvalue weighted by Gasteiger charge is -2.04. The normalized spacial score (nSPS) is 9.88. The van der Waals surface area contributed by atoms with Crippen LogP contribution < -0.4 is 5.48 Å².